The number of rotatable bonds is 9. The second-order valence-corrected chi connectivity index (χ2v) is 6.47. The highest BCUT2D eigenvalue weighted by Crippen LogP contribution is 2.24. The lowest BCUT2D eigenvalue weighted by Gasteiger charge is -2.22. The van der Waals surface area contributed by atoms with Crippen LogP contribution in [-0.2, 0) is 0 Å². The average Bonchev–Trinajstić information content (AvgIpc) is 2.43. The minimum Gasteiger partial charge on any atom is -0.313 e. The summed E-state index contributed by atoms with van der Waals surface area (Å²) in [7, 11) is 0. The van der Waals surface area contributed by atoms with Crippen molar-refractivity contribution in [2.75, 3.05) is 12.3 Å². The number of hydrogen-bond acceptors (Lipinski definition) is 2. The predicted octanol–water partition coefficient (Wildman–Crippen LogP) is 5.24. The van der Waals surface area contributed by atoms with Gasteiger partial charge in [0.25, 0.3) is 0 Å². The molecule has 1 aromatic carbocycles. The lowest BCUT2D eigenvalue weighted by atomic mass is 9.95. The summed E-state index contributed by atoms with van der Waals surface area (Å²) in [5.74, 6) is 1.97. The van der Waals surface area contributed by atoms with E-state index < -0.39 is 0 Å². The van der Waals surface area contributed by atoms with Crippen LogP contribution < -0.4 is 5.32 Å². The van der Waals surface area contributed by atoms with E-state index in [9.17, 15) is 0 Å². The monoisotopic (exact) mass is 299 g/mol. The van der Waals surface area contributed by atoms with E-state index in [2.05, 4.69) is 38.2 Å². The maximum atomic E-state index is 5.91. The third kappa shape index (κ3) is 6.69. The van der Waals surface area contributed by atoms with Gasteiger partial charge in [-0.05, 0) is 43.1 Å². The van der Waals surface area contributed by atoms with Crippen molar-refractivity contribution in [3.8, 4) is 0 Å². The SMILES string of the molecule is CCNC(CSc1ccc(Cl)cc1)CC(CC)CC. The zero-order chi connectivity index (χ0) is 14.1. The molecule has 0 heterocycles. The molecule has 1 atom stereocenters. The van der Waals surface area contributed by atoms with E-state index in [1.807, 2.05) is 23.9 Å². The number of hydrogen-bond donors (Lipinski definition) is 1. The van der Waals surface area contributed by atoms with Crippen molar-refractivity contribution in [3.63, 3.8) is 0 Å². The van der Waals surface area contributed by atoms with E-state index in [1.54, 1.807) is 0 Å². The molecule has 1 unspecified atom stereocenters. The minimum absolute atomic E-state index is 0.607. The average molecular weight is 300 g/mol. The molecule has 108 valence electrons. The molecule has 0 saturated carbocycles. The summed E-state index contributed by atoms with van der Waals surface area (Å²) in [6.07, 6.45) is 3.84. The van der Waals surface area contributed by atoms with Crippen LogP contribution >= 0.6 is 23.4 Å². The summed E-state index contributed by atoms with van der Waals surface area (Å²) >= 11 is 7.83. The Labute approximate surface area is 127 Å². The van der Waals surface area contributed by atoms with Crippen molar-refractivity contribution in [3.05, 3.63) is 29.3 Å². The molecule has 0 aromatic heterocycles. The fraction of sp³-hybridized carbons (Fsp3) is 0.625. The van der Waals surface area contributed by atoms with Crippen LogP contribution in [0.15, 0.2) is 29.2 Å². The summed E-state index contributed by atoms with van der Waals surface area (Å²) < 4.78 is 0. The molecule has 1 rings (SSSR count). The van der Waals surface area contributed by atoms with Gasteiger partial charge in [0.05, 0.1) is 0 Å². The van der Waals surface area contributed by atoms with Crippen molar-refractivity contribution < 1.29 is 0 Å². The van der Waals surface area contributed by atoms with Crippen molar-refractivity contribution in [2.24, 2.45) is 5.92 Å². The molecular weight excluding hydrogens is 274 g/mol. The Kier molecular flexibility index (Phi) is 8.60. The van der Waals surface area contributed by atoms with Crippen LogP contribution in [-0.4, -0.2) is 18.3 Å². The maximum Gasteiger partial charge on any atom is 0.0406 e. The summed E-state index contributed by atoms with van der Waals surface area (Å²) in [6.45, 7) is 7.83. The molecule has 0 radical (unpaired) electrons. The van der Waals surface area contributed by atoms with E-state index in [4.69, 9.17) is 11.6 Å². The second kappa shape index (κ2) is 9.68. The highest BCUT2D eigenvalue weighted by atomic mass is 35.5. The van der Waals surface area contributed by atoms with Gasteiger partial charge in [0.2, 0.25) is 0 Å². The van der Waals surface area contributed by atoms with Crippen LogP contribution in [0.2, 0.25) is 5.02 Å². The lowest BCUT2D eigenvalue weighted by molar-refractivity contribution is 0.388. The number of nitrogens with one attached hydrogen (secondary N) is 1. The van der Waals surface area contributed by atoms with Crippen molar-refractivity contribution in [1.82, 2.24) is 5.32 Å². The quantitative estimate of drug-likeness (QED) is 0.626. The Morgan fingerprint density at radius 1 is 1.11 bits per heavy atom. The van der Waals surface area contributed by atoms with Crippen molar-refractivity contribution in [2.45, 2.75) is 51.0 Å². The maximum absolute atomic E-state index is 5.91. The molecule has 1 nitrogen and oxygen atoms in total. The van der Waals surface area contributed by atoms with Gasteiger partial charge < -0.3 is 5.32 Å². The van der Waals surface area contributed by atoms with E-state index in [-0.39, 0.29) is 0 Å². The predicted molar refractivity (Wildman–Crippen MR) is 88.3 cm³/mol. The minimum atomic E-state index is 0.607. The smallest absolute Gasteiger partial charge is 0.0406 e. The Balaban J connectivity index is 2.46. The zero-order valence-electron chi connectivity index (χ0n) is 12.3. The first-order valence-electron chi connectivity index (χ1n) is 7.31. The molecule has 0 amide bonds. The molecule has 0 spiro atoms. The van der Waals surface area contributed by atoms with Gasteiger partial charge in [-0.25, -0.2) is 0 Å². The van der Waals surface area contributed by atoms with E-state index in [0.717, 1.165) is 23.2 Å². The molecule has 0 aliphatic carbocycles. The van der Waals surface area contributed by atoms with Gasteiger partial charge in [-0.3, -0.25) is 0 Å². The van der Waals surface area contributed by atoms with E-state index in [0.29, 0.717) is 6.04 Å². The van der Waals surface area contributed by atoms with Gasteiger partial charge in [0.1, 0.15) is 0 Å². The lowest BCUT2D eigenvalue weighted by Crippen LogP contribution is -2.33. The number of benzene rings is 1. The standard InChI is InChI=1S/C16H26ClNS/c1-4-13(5-2)11-15(18-6-3)12-19-16-9-7-14(17)8-10-16/h7-10,13,15,18H,4-6,11-12H2,1-3H3. The topological polar surface area (TPSA) is 12.0 Å². The van der Waals surface area contributed by atoms with Crippen LogP contribution in [0.5, 0.6) is 0 Å². The summed E-state index contributed by atoms with van der Waals surface area (Å²) in [5.41, 5.74) is 0. The van der Waals surface area contributed by atoms with Crippen LogP contribution in [0.1, 0.15) is 40.0 Å². The van der Waals surface area contributed by atoms with Crippen LogP contribution in [0.25, 0.3) is 0 Å². The Morgan fingerprint density at radius 2 is 1.74 bits per heavy atom. The fourth-order valence-electron chi connectivity index (χ4n) is 2.25. The first-order valence-corrected chi connectivity index (χ1v) is 8.67. The first kappa shape index (κ1) is 16.9. The largest absolute Gasteiger partial charge is 0.313 e. The van der Waals surface area contributed by atoms with Gasteiger partial charge in [-0.2, -0.15) is 0 Å². The highest BCUT2D eigenvalue weighted by Gasteiger charge is 2.13. The van der Waals surface area contributed by atoms with Crippen LogP contribution in [0.3, 0.4) is 0 Å². The van der Waals surface area contributed by atoms with E-state index >= 15 is 0 Å². The fourth-order valence-corrected chi connectivity index (χ4v) is 3.35. The molecule has 1 aromatic rings. The zero-order valence-corrected chi connectivity index (χ0v) is 13.9. The third-order valence-corrected chi connectivity index (χ3v) is 4.96. The molecule has 0 fully saturated rings. The normalized spacial score (nSPS) is 12.9. The number of thioether (sulfide) groups is 1. The summed E-state index contributed by atoms with van der Waals surface area (Å²) in [6, 6.07) is 8.75. The van der Waals surface area contributed by atoms with Gasteiger partial charge in [-0.15, -0.1) is 11.8 Å². The molecule has 0 aliphatic rings. The van der Waals surface area contributed by atoms with Gasteiger partial charge in [-0.1, -0.05) is 45.2 Å². The summed E-state index contributed by atoms with van der Waals surface area (Å²) in [5, 5.41) is 4.43. The van der Waals surface area contributed by atoms with Crippen LogP contribution in [0, 0.1) is 5.92 Å². The molecule has 3 heteroatoms. The third-order valence-electron chi connectivity index (χ3n) is 3.53. The highest BCUT2D eigenvalue weighted by molar-refractivity contribution is 7.99. The molecule has 0 saturated heterocycles. The van der Waals surface area contributed by atoms with Crippen molar-refractivity contribution >= 4 is 23.4 Å². The summed E-state index contributed by atoms with van der Waals surface area (Å²) in [4.78, 5) is 1.30. The molecule has 0 aliphatic heterocycles. The number of halogens is 1. The molecule has 1 N–H and O–H groups in total. The molecule has 0 bridgehead atoms. The molecule has 19 heavy (non-hydrogen) atoms. The Morgan fingerprint density at radius 3 is 2.26 bits per heavy atom. The van der Waals surface area contributed by atoms with Gasteiger partial charge in [0.15, 0.2) is 0 Å². The van der Waals surface area contributed by atoms with Crippen LogP contribution in [0.4, 0.5) is 0 Å². The molecular formula is C16H26ClNS. The Bertz CT molecular complexity index is 335. The van der Waals surface area contributed by atoms with Gasteiger partial charge >= 0.3 is 0 Å². The van der Waals surface area contributed by atoms with E-state index in [1.165, 1.54) is 24.2 Å². The van der Waals surface area contributed by atoms with Crippen molar-refractivity contribution in [1.29, 1.82) is 0 Å². The van der Waals surface area contributed by atoms with Gasteiger partial charge in [0, 0.05) is 21.7 Å². The first-order chi connectivity index (χ1) is 9.19. The Hall–Kier alpha value is -0.180. The second-order valence-electron chi connectivity index (χ2n) is 4.94.